The van der Waals surface area contributed by atoms with Crippen LogP contribution in [0.4, 0.5) is 0 Å². The number of carbonyl (C=O) groups is 1. The quantitative estimate of drug-likeness (QED) is 0.835. The van der Waals surface area contributed by atoms with Crippen LogP contribution in [0.1, 0.15) is 37.0 Å². The molecular formula is C20H31N3O. The van der Waals surface area contributed by atoms with E-state index < -0.39 is 0 Å². The predicted octanol–water partition coefficient (Wildman–Crippen LogP) is 2.47. The van der Waals surface area contributed by atoms with Crippen molar-refractivity contribution in [2.75, 3.05) is 39.3 Å². The predicted molar refractivity (Wildman–Crippen MR) is 98.1 cm³/mol. The van der Waals surface area contributed by atoms with Crippen molar-refractivity contribution in [2.24, 2.45) is 11.8 Å². The Morgan fingerprint density at radius 2 is 2.00 bits per heavy atom. The monoisotopic (exact) mass is 329 g/mol. The first kappa shape index (κ1) is 17.4. The number of nitrogens with one attached hydrogen (secondary N) is 1. The van der Waals surface area contributed by atoms with E-state index in [-0.39, 0.29) is 5.91 Å². The number of amides is 1. The van der Waals surface area contributed by atoms with Crippen molar-refractivity contribution in [3.63, 3.8) is 0 Å². The fourth-order valence-corrected chi connectivity index (χ4v) is 4.38. The van der Waals surface area contributed by atoms with Crippen LogP contribution in [-0.2, 0) is 0 Å². The number of fused-ring (bicyclic) bond motifs is 3. The highest BCUT2D eigenvalue weighted by Gasteiger charge is 2.40. The lowest BCUT2D eigenvalue weighted by molar-refractivity contribution is -0.0104. The highest BCUT2D eigenvalue weighted by atomic mass is 16.1. The molecule has 0 radical (unpaired) electrons. The van der Waals surface area contributed by atoms with E-state index in [0.717, 1.165) is 37.0 Å². The summed E-state index contributed by atoms with van der Waals surface area (Å²) in [6, 6.07) is 10.0. The van der Waals surface area contributed by atoms with Gasteiger partial charge in [0.05, 0.1) is 0 Å². The van der Waals surface area contributed by atoms with E-state index >= 15 is 0 Å². The molecule has 4 heteroatoms. The highest BCUT2D eigenvalue weighted by molar-refractivity contribution is 5.94. The molecule has 3 aliphatic heterocycles. The minimum Gasteiger partial charge on any atom is -0.350 e. The maximum absolute atomic E-state index is 12.2. The molecule has 4 rings (SSSR count). The molecule has 0 spiro atoms. The summed E-state index contributed by atoms with van der Waals surface area (Å²) in [6.45, 7) is 11.2. The number of piperidine rings is 3. The minimum atomic E-state index is 0.0536. The maximum Gasteiger partial charge on any atom is 0.251 e. The van der Waals surface area contributed by atoms with E-state index in [0.29, 0.717) is 6.04 Å². The van der Waals surface area contributed by atoms with Crippen molar-refractivity contribution >= 4 is 5.91 Å². The van der Waals surface area contributed by atoms with Crippen LogP contribution in [0.5, 0.6) is 0 Å². The molecule has 1 aromatic rings. The summed E-state index contributed by atoms with van der Waals surface area (Å²) in [7, 11) is 0. The number of rotatable bonds is 7. The third-order valence-electron chi connectivity index (χ3n) is 5.94. The zero-order valence-electron chi connectivity index (χ0n) is 15.1. The molecule has 24 heavy (non-hydrogen) atoms. The SMILES string of the molecule is CCN(CC)C[C@@H]1CN2CC[C@H]1C[C@@H]2CNC(=O)c1ccccc1. The Balaban J connectivity index is 1.50. The van der Waals surface area contributed by atoms with Gasteiger partial charge in [-0.2, -0.15) is 0 Å². The smallest absolute Gasteiger partial charge is 0.251 e. The molecule has 3 aliphatic rings. The van der Waals surface area contributed by atoms with Crippen LogP contribution < -0.4 is 5.32 Å². The largest absolute Gasteiger partial charge is 0.350 e. The Bertz CT molecular complexity index is 529. The second kappa shape index (κ2) is 8.13. The lowest BCUT2D eigenvalue weighted by Crippen LogP contribution is -2.58. The summed E-state index contributed by atoms with van der Waals surface area (Å²) in [6.07, 6.45) is 2.57. The van der Waals surface area contributed by atoms with Gasteiger partial charge >= 0.3 is 0 Å². The van der Waals surface area contributed by atoms with Gasteiger partial charge in [-0.3, -0.25) is 9.69 Å². The lowest BCUT2D eigenvalue weighted by atomic mass is 9.75. The summed E-state index contributed by atoms with van der Waals surface area (Å²) in [5, 5.41) is 3.14. The van der Waals surface area contributed by atoms with Gasteiger partial charge in [-0.1, -0.05) is 32.0 Å². The van der Waals surface area contributed by atoms with Gasteiger partial charge in [0.1, 0.15) is 0 Å². The topological polar surface area (TPSA) is 35.6 Å². The van der Waals surface area contributed by atoms with E-state index in [4.69, 9.17) is 0 Å². The van der Waals surface area contributed by atoms with E-state index in [2.05, 4.69) is 29.0 Å². The maximum atomic E-state index is 12.2. The number of carbonyl (C=O) groups excluding carboxylic acids is 1. The third kappa shape index (κ3) is 3.98. The highest BCUT2D eigenvalue weighted by Crippen LogP contribution is 2.36. The average Bonchev–Trinajstić information content (AvgIpc) is 2.65. The van der Waals surface area contributed by atoms with Crippen LogP contribution in [0.3, 0.4) is 0 Å². The summed E-state index contributed by atoms with van der Waals surface area (Å²) in [5.41, 5.74) is 0.757. The van der Waals surface area contributed by atoms with Crippen molar-refractivity contribution in [1.29, 1.82) is 0 Å². The summed E-state index contributed by atoms with van der Waals surface area (Å²) < 4.78 is 0. The fraction of sp³-hybridized carbons (Fsp3) is 0.650. The van der Waals surface area contributed by atoms with Crippen LogP contribution in [0.2, 0.25) is 0 Å². The Labute approximate surface area is 146 Å². The van der Waals surface area contributed by atoms with Crippen molar-refractivity contribution < 1.29 is 4.79 Å². The summed E-state index contributed by atoms with van der Waals surface area (Å²) in [4.78, 5) is 17.4. The van der Waals surface area contributed by atoms with E-state index in [1.54, 1.807) is 0 Å². The number of hydrogen-bond acceptors (Lipinski definition) is 3. The van der Waals surface area contributed by atoms with Crippen LogP contribution in [-0.4, -0.2) is 61.0 Å². The second-order valence-corrected chi connectivity index (χ2v) is 7.26. The first-order valence-corrected chi connectivity index (χ1v) is 9.50. The van der Waals surface area contributed by atoms with Gasteiger partial charge in [-0.25, -0.2) is 0 Å². The van der Waals surface area contributed by atoms with Gasteiger partial charge in [0.2, 0.25) is 0 Å². The molecule has 132 valence electrons. The number of benzene rings is 1. The first-order valence-electron chi connectivity index (χ1n) is 9.50. The van der Waals surface area contributed by atoms with E-state index in [9.17, 15) is 4.79 Å². The summed E-state index contributed by atoms with van der Waals surface area (Å²) >= 11 is 0. The summed E-state index contributed by atoms with van der Waals surface area (Å²) in [5.74, 6) is 1.69. The van der Waals surface area contributed by atoms with Crippen LogP contribution >= 0.6 is 0 Å². The fourth-order valence-electron chi connectivity index (χ4n) is 4.38. The van der Waals surface area contributed by atoms with Crippen molar-refractivity contribution in [1.82, 2.24) is 15.1 Å². The van der Waals surface area contributed by atoms with Gasteiger partial charge in [-0.05, 0) is 56.4 Å². The van der Waals surface area contributed by atoms with E-state index in [1.807, 2.05) is 30.3 Å². The third-order valence-corrected chi connectivity index (χ3v) is 5.94. The standard InChI is InChI=1S/C20H31N3O/c1-3-22(4-2)14-18-15-23-11-10-17(18)12-19(23)13-21-20(24)16-8-6-5-7-9-16/h5-9,17-19H,3-4,10-15H2,1-2H3,(H,21,24)/t17-,18+,19+/m0/s1. The molecule has 3 heterocycles. The molecule has 4 atom stereocenters. The molecule has 0 aromatic heterocycles. The molecule has 0 saturated carbocycles. The normalized spacial score (nSPS) is 29.0. The van der Waals surface area contributed by atoms with Gasteiger partial charge < -0.3 is 10.2 Å². The molecule has 1 aromatic carbocycles. The van der Waals surface area contributed by atoms with Crippen LogP contribution in [0, 0.1) is 11.8 Å². The van der Waals surface area contributed by atoms with Crippen molar-refractivity contribution in [3.05, 3.63) is 35.9 Å². The average molecular weight is 329 g/mol. The Morgan fingerprint density at radius 3 is 2.62 bits per heavy atom. The molecule has 3 fully saturated rings. The Hall–Kier alpha value is -1.39. The molecule has 4 nitrogen and oxygen atoms in total. The van der Waals surface area contributed by atoms with Gasteiger partial charge in [0.15, 0.2) is 0 Å². The molecule has 2 bridgehead atoms. The number of nitrogens with zero attached hydrogens (tertiary/aromatic N) is 2. The van der Waals surface area contributed by atoms with Crippen molar-refractivity contribution in [3.8, 4) is 0 Å². The van der Waals surface area contributed by atoms with Gasteiger partial charge in [-0.15, -0.1) is 0 Å². The van der Waals surface area contributed by atoms with Crippen LogP contribution in [0.25, 0.3) is 0 Å². The Kier molecular flexibility index (Phi) is 5.90. The second-order valence-electron chi connectivity index (χ2n) is 7.26. The zero-order valence-corrected chi connectivity index (χ0v) is 15.1. The molecule has 1 amide bonds. The van der Waals surface area contributed by atoms with Gasteiger partial charge in [0, 0.05) is 31.2 Å². The van der Waals surface area contributed by atoms with Crippen molar-refractivity contribution in [2.45, 2.75) is 32.7 Å². The molecule has 1 N–H and O–H groups in total. The van der Waals surface area contributed by atoms with Crippen LogP contribution in [0.15, 0.2) is 30.3 Å². The molecule has 1 unspecified atom stereocenters. The molecule has 3 saturated heterocycles. The van der Waals surface area contributed by atoms with E-state index in [1.165, 1.54) is 32.5 Å². The first-order chi connectivity index (χ1) is 11.7. The number of hydrogen-bond donors (Lipinski definition) is 1. The van der Waals surface area contributed by atoms with Gasteiger partial charge in [0.25, 0.3) is 5.91 Å². The lowest BCUT2D eigenvalue weighted by Gasteiger charge is -2.51. The Morgan fingerprint density at radius 1 is 1.25 bits per heavy atom. The molecular weight excluding hydrogens is 298 g/mol. The zero-order chi connectivity index (χ0) is 16.9. The minimum absolute atomic E-state index is 0.0536. The molecule has 0 aliphatic carbocycles.